The van der Waals surface area contributed by atoms with Gasteiger partial charge in [-0.05, 0) is 17.7 Å². The zero-order valence-corrected chi connectivity index (χ0v) is 11.2. The monoisotopic (exact) mass is 289 g/mol. The van der Waals surface area contributed by atoms with Gasteiger partial charge in [0.25, 0.3) is 5.91 Å². The molecule has 0 saturated heterocycles. The van der Waals surface area contributed by atoms with Gasteiger partial charge in [0, 0.05) is 16.6 Å². The number of carbonyl (C=O) groups excluding carboxylic acids is 1. The first kappa shape index (κ1) is 13.3. The van der Waals surface area contributed by atoms with Crippen LogP contribution in [0, 0.1) is 11.3 Å². The first-order valence-electron chi connectivity index (χ1n) is 5.28. The Morgan fingerprint density at radius 2 is 2.26 bits per heavy atom. The number of thiazole rings is 1. The largest absolute Gasteiger partial charge is 0.297 e. The van der Waals surface area contributed by atoms with Crippen LogP contribution in [0.15, 0.2) is 41.4 Å². The quantitative estimate of drug-likeness (QED) is 0.696. The van der Waals surface area contributed by atoms with Crippen molar-refractivity contribution in [3.63, 3.8) is 0 Å². The molecule has 0 aliphatic heterocycles. The highest BCUT2D eigenvalue weighted by molar-refractivity contribution is 7.13. The zero-order chi connectivity index (χ0) is 13.7. The minimum absolute atomic E-state index is 0.0247. The van der Waals surface area contributed by atoms with Crippen LogP contribution in [-0.2, 0) is 4.79 Å². The highest BCUT2D eigenvalue weighted by Crippen LogP contribution is 2.19. The van der Waals surface area contributed by atoms with Crippen molar-refractivity contribution < 1.29 is 4.79 Å². The van der Waals surface area contributed by atoms with E-state index in [2.05, 4.69) is 10.3 Å². The van der Waals surface area contributed by atoms with Gasteiger partial charge < -0.3 is 0 Å². The summed E-state index contributed by atoms with van der Waals surface area (Å²) in [5.74, 6) is -0.502. The summed E-state index contributed by atoms with van der Waals surface area (Å²) in [4.78, 5) is 15.8. The molecule has 1 heterocycles. The molecule has 1 aromatic carbocycles. The second-order valence-electron chi connectivity index (χ2n) is 3.48. The topological polar surface area (TPSA) is 65.8 Å². The molecule has 1 N–H and O–H groups in total. The number of amides is 1. The van der Waals surface area contributed by atoms with Crippen LogP contribution in [0.4, 0.5) is 5.13 Å². The smallest absolute Gasteiger partial charge is 0.268 e. The summed E-state index contributed by atoms with van der Waals surface area (Å²) in [6.07, 6.45) is 3.02. The lowest BCUT2D eigenvalue weighted by atomic mass is 10.1. The average Bonchev–Trinajstić information content (AvgIpc) is 2.90. The Balaban J connectivity index is 2.23. The number of rotatable bonds is 3. The molecule has 19 heavy (non-hydrogen) atoms. The number of aromatic nitrogens is 1. The van der Waals surface area contributed by atoms with Crippen molar-refractivity contribution in [2.24, 2.45) is 0 Å². The number of nitrogens with zero attached hydrogens (tertiary/aromatic N) is 2. The molecule has 0 aliphatic carbocycles. The van der Waals surface area contributed by atoms with Crippen LogP contribution in [0.25, 0.3) is 6.08 Å². The predicted molar refractivity (Wildman–Crippen MR) is 75.8 cm³/mol. The van der Waals surface area contributed by atoms with E-state index in [9.17, 15) is 4.79 Å². The Hall–Kier alpha value is -2.16. The summed E-state index contributed by atoms with van der Waals surface area (Å²) < 4.78 is 0. The fourth-order valence-corrected chi connectivity index (χ4v) is 2.06. The molecule has 0 radical (unpaired) electrons. The van der Waals surface area contributed by atoms with Gasteiger partial charge in [-0.3, -0.25) is 10.1 Å². The third-order valence-electron chi connectivity index (χ3n) is 2.22. The number of carbonyl (C=O) groups is 1. The van der Waals surface area contributed by atoms with Gasteiger partial charge >= 0.3 is 0 Å². The van der Waals surface area contributed by atoms with Crippen molar-refractivity contribution in [1.82, 2.24) is 4.98 Å². The Kier molecular flexibility index (Phi) is 4.29. The maximum Gasteiger partial charge on any atom is 0.268 e. The van der Waals surface area contributed by atoms with Crippen LogP contribution < -0.4 is 5.32 Å². The second-order valence-corrected chi connectivity index (χ2v) is 4.78. The van der Waals surface area contributed by atoms with Crippen molar-refractivity contribution in [2.75, 3.05) is 5.32 Å². The average molecular weight is 290 g/mol. The summed E-state index contributed by atoms with van der Waals surface area (Å²) in [5.41, 5.74) is 0.596. The zero-order valence-electron chi connectivity index (χ0n) is 9.63. The van der Waals surface area contributed by atoms with E-state index in [-0.39, 0.29) is 5.57 Å². The molecule has 0 bridgehead atoms. The fourth-order valence-electron chi connectivity index (χ4n) is 1.35. The lowest BCUT2D eigenvalue weighted by molar-refractivity contribution is -0.112. The molecule has 0 fully saturated rings. The van der Waals surface area contributed by atoms with Gasteiger partial charge in [-0.25, -0.2) is 4.98 Å². The molecule has 1 aromatic heterocycles. The van der Waals surface area contributed by atoms with E-state index < -0.39 is 5.91 Å². The van der Waals surface area contributed by atoms with Gasteiger partial charge in [0.05, 0.1) is 0 Å². The van der Waals surface area contributed by atoms with Crippen molar-refractivity contribution in [3.8, 4) is 6.07 Å². The summed E-state index contributed by atoms with van der Waals surface area (Å²) in [6.45, 7) is 0. The van der Waals surface area contributed by atoms with E-state index in [1.807, 2.05) is 6.07 Å². The number of nitrogens with one attached hydrogen (secondary N) is 1. The van der Waals surface area contributed by atoms with Gasteiger partial charge in [-0.2, -0.15) is 5.26 Å². The van der Waals surface area contributed by atoms with E-state index in [0.29, 0.717) is 15.7 Å². The normalized spacial score (nSPS) is 10.8. The molecular formula is C13H8ClN3OS. The van der Waals surface area contributed by atoms with Crippen LogP contribution in [0.3, 0.4) is 0 Å². The standard InChI is InChI=1S/C13H8ClN3OS/c14-11-4-2-1-3-9(11)7-10(8-15)12(18)17-13-16-5-6-19-13/h1-7H,(H,16,17,18)/b10-7+. The van der Waals surface area contributed by atoms with E-state index in [1.165, 1.54) is 17.4 Å². The first-order chi connectivity index (χ1) is 9.20. The minimum Gasteiger partial charge on any atom is -0.297 e. The number of halogens is 1. The third kappa shape index (κ3) is 3.41. The van der Waals surface area contributed by atoms with E-state index >= 15 is 0 Å². The molecule has 94 valence electrons. The van der Waals surface area contributed by atoms with Crippen LogP contribution in [0.2, 0.25) is 5.02 Å². The van der Waals surface area contributed by atoms with E-state index in [1.54, 1.807) is 35.8 Å². The Morgan fingerprint density at radius 1 is 1.47 bits per heavy atom. The van der Waals surface area contributed by atoms with Crippen molar-refractivity contribution in [2.45, 2.75) is 0 Å². The summed E-state index contributed by atoms with van der Waals surface area (Å²) in [5, 5.41) is 14.3. The summed E-state index contributed by atoms with van der Waals surface area (Å²) in [7, 11) is 0. The Labute approximate surface area is 119 Å². The molecule has 2 rings (SSSR count). The summed E-state index contributed by atoms with van der Waals surface area (Å²) in [6, 6.07) is 8.85. The molecule has 6 heteroatoms. The maximum atomic E-state index is 11.9. The van der Waals surface area contributed by atoms with E-state index in [0.717, 1.165) is 0 Å². The number of anilines is 1. The molecule has 0 atom stereocenters. The number of hydrogen-bond donors (Lipinski definition) is 1. The lowest BCUT2D eigenvalue weighted by Gasteiger charge is -2.01. The fraction of sp³-hybridized carbons (Fsp3) is 0. The molecule has 1 amide bonds. The number of benzene rings is 1. The van der Waals surface area contributed by atoms with Crippen LogP contribution in [-0.4, -0.2) is 10.9 Å². The van der Waals surface area contributed by atoms with Crippen LogP contribution in [0.5, 0.6) is 0 Å². The predicted octanol–water partition coefficient (Wildman–Crippen LogP) is 3.34. The molecule has 0 unspecified atom stereocenters. The summed E-state index contributed by atoms with van der Waals surface area (Å²) >= 11 is 7.26. The van der Waals surface area contributed by atoms with Gasteiger partial charge in [-0.1, -0.05) is 29.8 Å². The first-order valence-corrected chi connectivity index (χ1v) is 6.53. The van der Waals surface area contributed by atoms with Gasteiger partial charge in [-0.15, -0.1) is 11.3 Å². The highest BCUT2D eigenvalue weighted by atomic mass is 35.5. The molecule has 4 nitrogen and oxygen atoms in total. The molecule has 0 spiro atoms. The second kappa shape index (κ2) is 6.14. The lowest BCUT2D eigenvalue weighted by Crippen LogP contribution is -2.13. The Bertz CT molecular complexity index is 659. The van der Waals surface area contributed by atoms with Crippen molar-refractivity contribution in [3.05, 3.63) is 52.0 Å². The van der Waals surface area contributed by atoms with Crippen molar-refractivity contribution in [1.29, 1.82) is 5.26 Å². The third-order valence-corrected chi connectivity index (χ3v) is 3.26. The van der Waals surface area contributed by atoms with E-state index in [4.69, 9.17) is 16.9 Å². The number of hydrogen-bond acceptors (Lipinski definition) is 4. The SMILES string of the molecule is N#C/C(=C\c1ccccc1Cl)C(=O)Nc1nccs1. The maximum absolute atomic E-state index is 11.9. The molecule has 0 aliphatic rings. The van der Waals surface area contributed by atoms with Gasteiger partial charge in [0.2, 0.25) is 0 Å². The van der Waals surface area contributed by atoms with Gasteiger partial charge in [0.1, 0.15) is 11.6 Å². The molecule has 2 aromatic rings. The number of nitriles is 1. The Morgan fingerprint density at radius 3 is 2.89 bits per heavy atom. The van der Waals surface area contributed by atoms with Crippen LogP contribution in [0.1, 0.15) is 5.56 Å². The van der Waals surface area contributed by atoms with Crippen molar-refractivity contribution >= 4 is 40.1 Å². The minimum atomic E-state index is -0.502. The molecular weight excluding hydrogens is 282 g/mol. The highest BCUT2D eigenvalue weighted by Gasteiger charge is 2.11. The van der Waals surface area contributed by atoms with Gasteiger partial charge in [0.15, 0.2) is 5.13 Å². The van der Waals surface area contributed by atoms with Crippen LogP contribution >= 0.6 is 22.9 Å². The molecule has 0 saturated carbocycles.